The average Bonchev–Trinajstić information content (AvgIpc) is 2.64. The van der Waals surface area contributed by atoms with Crippen molar-refractivity contribution in [2.45, 2.75) is 26.4 Å². The number of aromatic nitrogens is 2. The SMILES string of the molecule is CCCN(CC)OCC(=O)N1CCN(c2ncc(C(F)(F)F)cn2)CC1. The highest BCUT2D eigenvalue weighted by Gasteiger charge is 2.32. The van der Waals surface area contributed by atoms with Gasteiger partial charge in [-0.3, -0.25) is 9.63 Å². The topological polar surface area (TPSA) is 61.8 Å². The van der Waals surface area contributed by atoms with Crippen LogP contribution in [0.15, 0.2) is 12.4 Å². The van der Waals surface area contributed by atoms with Gasteiger partial charge in [0.05, 0.1) is 5.56 Å². The third-order valence-corrected chi connectivity index (χ3v) is 4.08. The molecule has 10 heteroatoms. The summed E-state index contributed by atoms with van der Waals surface area (Å²) in [6.45, 7) is 7.29. The van der Waals surface area contributed by atoms with Crippen LogP contribution in [0.1, 0.15) is 25.8 Å². The fourth-order valence-electron chi connectivity index (χ4n) is 2.59. The molecule has 2 heterocycles. The number of piperazine rings is 1. The third kappa shape index (κ3) is 5.53. The molecule has 146 valence electrons. The molecule has 0 unspecified atom stereocenters. The van der Waals surface area contributed by atoms with Crippen molar-refractivity contribution in [2.75, 3.05) is 50.8 Å². The summed E-state index contributed by atoms with van der Waals surface area (Å²) in [6.07, 6.45) is -1.96. The zero-order valence-corrected chi connectivity index (χ0v) is 15.0. The van der Waals surface area contributed by atoms with Crippen LogP contribution in [0, 0.1) is 0 Å². The molecule has 1 aliphatic rings. The van der Waals surface area contributed by atoms with E-state index in [1.54, 1.807) is 14.9 Å². The van der Waals surface area contributed by atoms with Crippen molar-refractivity contribution in [3.8, 4) is 0 Å². The Hall–Kier alpha value is -1.94. The van der Waals surface area contributed by atoms with Gasteiger partial charge in [0.2, 0.25) is 5.95 Å². The van der Waals surface area contributed by atoms with E-state index in [2.05, 4.69) is 9.97 Å². The second-order valence-electron chi connectivity index (χ2n) is 5.93. The van der Waals surface area contributed by atoms with Crippen molar-refractivity contribution >= 4 is 11.9 Å². The van der Waals surface area contributed by atoms with Crippen LogP contribution in [-0.4, -0.2) is 71.7 Å². The summed E-state index contributed by atoms with van der Waals surface area (Å²) in [7, 11) is 0. The van der Waals surface area contributed by atoms with E-state index in [4.69, 9.17) is 4.84 Å². The fraction of sp³-hybridized carbons (Fsp3) is 0.688. The zero-order valence-electron chi connectivity index (χ0n) is 15.0. The highest BCUT2D eigenvalue weighted by atomic mass is 19.4. The lowest BCUT2D eigenvalue weighted by Crippen LogP contribution is -2.50. The molecule has 1 fully saturated rings. The van der Waals surface area contributed by atoms with Gasteiger partial charge >= 0.3 is 6.18 Å². The van der Waals surface area contributed by atoms with Gasteiger partial charge in [0, 0.05) is 51.7 Å². The Labute approximate surface area is 150 Å². The molecule has 0 saturated carbocycles. The zero-order chi connectivity index (χ0) is 19.2. The van der Waals surface area contributed by atoms with Gasteiger partial charge in [-0.25, -0.2) is 9.97 Å². The maximum absolute atomic E-state index is 12.6. The summed E-state index contributed by atoms with van der Waals surface area (Å²) in [5.74, 6) is 0.133. The van der Waals surface area contributed by atoms with Gasteiger partial charge in [-0.15, -0.1) is 0 Å². The lowest BCUT2D eigenvalue weighted by molar-refractivity contribution is -0.175. The van der Waals surface area contributed by atoms with Crippen LogP contribution in [-0.2, 0) is 15.8 Å². The number of alkyl halides is 3. The number of hydrogen-bond acceptors (Lipinski definition) is 6. The Morgan fingerprint density at radius 2 is 1.81 bits per heavy atom. The molecule has 1 amide bonds. The van der Waals surface area contributed by atoms with Crippen LogP contribution >= 0.6 is 0 Å². The van der Waals surface area contributed by atoms with Gasteiger partial charge < -0.3 is 9.80 Å². The second-order valence-corrected chi connectivity index (χ2v) is 5.93. The summed E-state index contributed by atoms with van der Waals surface area (Å²) in [4.78, 5) is 28.7. The van der Waals surface area contributed by atoms with E-state index in [0.29, 0.717) is 32.7 Å². The van der Waals surface area contributed by atoms with Crippen molar-refractivity contribution in [1.29, 1.82) is 0 Å². The Morgan fingerprint density at radius 1 is 1.19 bits per heavy atom. The van der Waals surface area contributed by atoms with E-state index >= 15 is 0 Å². The van der Waals surface area contributed by atoms with Crippen molar-refractivity contribution in [3.63, 3.8) is 0 Å². The molecule has 0 N–H and O–H groups in total. The van der Waals surface area contributed by atoms with Crippen LogP contribution in [0.25, 0.3) is 0 Å². The standard InChI is InChI=1S/C16H24F3N5O2/c1-3-5-24(4-2)26-12-14(25)22-6-8-23(9-7-22)15-20-10-13(11-21-15)16(17,18)19/h10-11H,3-9,12H2,1-2H3. The van der Waals surface area contributed by atoms with Crippen LogP contribution < -0.4 is 4.90 Å². The Bertz CT molecular complexity index is 574. The first-order chi connectivity index (χ1) is 12.3. The summed E-state index contributed by atoms with van der Waals surface area (Å²) >= 11 is 0. The molecule has 7 nitrogen and oxygen atoms in total. The number of nitrogens with zero attached hydrogens (tertiary/aromatic N) is 5. The van der Waals surface area contributed by atoms with Gasteiger partial charge in [0.15, 0.2) is 0 Å². The monoisotopic (exact) mass is 375 g/mol. The van der Waals surface area contributed by atoms with Crippen LogP contribution in [0.3, 0.4) is 0 Å². The molecule has 2 rings (SSSR count). The summed E-state index contributed by atoms with van der Waals surface area (Å²) < 4.78 is 37.7. The maximum atomic E-state index is 12.6. The second kappa shape index (κ2) is 9.13. The molecular weight excluding hydrogens is 351 g/mol. The highest BCUT2D eigenvalue weighted by Crippen LogP contribution is 2.28. The summed E-state index contributed by atoms with van der Waals surface area (Å²) in [5, 5.41) is 1.75. The van der Waals surface area contributed by atoms with Gasteiger partial charge in [-0.2, -0.15) is 18.2 Å². The average molecular weight is 375 g/mol. The van der Waals surface area contributed by atoms with E-state index in [-0.39, 0.29) is 18.5 Å². The number of anilines is 1. The number of hydroxylamine groups is 2. The van der Waals surface area contributed by atoms with E-state index in [9.17, 15) is 18.0 Å². The third-order valence-electron chi connectivity index (χ3n) is 4.08. The summed E-state index contributed by atoms with van der Waals surface area (Å²) in [6, 6.07) is 0. The minimum Gasteiger partial charge on any atom is -0.337 e. The molecule has 0 aliphatic carbocycles. The minimum absolute atomic E-state index is 0.00931. The van der Waals surface area contributed by atoms with E-state index in [1.165, 1.54) is 0 Å². The quantitative estimate of drug-likeness (QED) is 0.678. The smallest absolute Gasteiger partial charge is 0.337 e. The number of hydrogen-bond donors (Lipinski definition) is 0. The lowest BCUT2D eigenvalue weighted by Gasteiger charge is -2.35. The van der Waals surface area contributed by atoms with E-state index in [1.807, 2.05) is 13.8 Å². The van der Waals surface area contributed by atoms with Crippen molar-refractivity contribution in [1.82, 2.24) is 19.9 Å². The molecule has 0 bridgehead atoms. The largest absolute Gasteiger partial charge is 0.419 e. The van der Waals surface area contributed by atoms with Crippen LogP contribution in [0.5, 0.6) is 0 Å². The van der Waals surface area contributed by atoms with Gasteiger partial charge in [-0.05, 0) is 6.42 Å². The Morgan fingerprint density at radius 3 is 2.31 bits per heavy atom. The van der Waals surface area contributed by atoms with Crippen LogP contribution in [0.2, 0.25) is 0 Å². The normalized spacial score (nSPS) is 15.6. The Balaban J connectivity index is 1.82. The first-order valence-corrected chi connectivity index (χ1v) is 8.65. The van der Waals surface area contributed by atoms with E-state index in [0.717, 1.165) is 25.4 Å². The van der Waals surface area contributed by atoms with E-state index < -0.39 is 11.7 Å². The molecule has 0 spiro atoms. The number of halogens is 3. The first-order valence-electron chi connectivity index (χ1n) is 8.65. The van der Waals surface area contributed by atoms with Crippen molar-refractivity contribution in [3.05, 3.63) is 18.0 Å². The molecule has 1 aliphatic heterocycles. The number of carbonyl (C=O) groups excluding carboxylic acids is 1. The van der Waals surface area contributed by atoms with Gasteiger partial charge in [0.1, 0.15) is 6.61 Å². The predicted molar refractivity (Wildman–Crippen MR) is 89.3 cm³/mol. The molecule has 0 radical (unpaired) electrons. The molecule has 0 atom stereocenters. The number of amides is 1. The molecule has 0 aromatic carbocycles. The Kier molecular flexibility index (Phi) is 7.15. The van der Waals surface area contributed by atoms with Crippen molar-refractivity contribution in [2.24, 2.45) is 0 Å². The number of carbonyl (C=O) groups is 1. The fourth-order valence-corrected chi connectivity index (χ4v) is 2.59. The summed E-state index contributed by atoms with van der Waals surface area (Å²) in [5.41, 5.74) is -0.875. The minimum atomic E-state index is -4.45. The van der Waals surface area contributed by atoms with Gasteiger partial charge in [0.25, 0.3) is 5.91 Å². The number of rotatable bonds is 7. The van der Waals surface area contributed by atoms with Gasteiger partial charge in [-0.1, -0.05) is 13.8 Å². The van der Waals surface area contributed by atoms with Crippen LogP contribution in [0.4, 0.5) is 19.1 Å². The predicted octanol–water partition coefficient (Wildman–Crippen LogP) is 1.81. The molecule has 1 aromatic rings. The first kappa shape index (κ1) is 20.4. The molecule has 26 heavy (non-hydrogen) atoms. The highest BCUT2D eigenvalue weighted by molar-refractivity contribution is 5.77. The molecule has 1 saturated heterocycles. The molecular formula is C16H24F3N5O2. The lowest BCUT2D eigenvalue weighted by atomic mass is 10.3. The molecule has 1 aromatic heterocycles. The maximum Gasteiger partial charge on any atom is 0.419 e. The van der Waals surface area contributed by atoms with Crippen molar-refractivity contribution < 1.29 is 22.8 Å².